The Hall–Kier alpha value is -3.82. The number of hydrogen-bond donors (Lipinski definition) is 3. The van der Waals surface area contributed by atoms with Gasteiger partial charge in [-0.2, -0.15) is 4.98 Å². The molecular weight excluding hydrogens is 328 g/mol. The predicted molar refractivity (Wildman–Crippen MR) is 86.3 cm³/mol. The van der Waals surface area contributed by atoms with E-state index in [1.807, 2.05) is 0 Å². The normalized spacial score (nSPS) is 13.3. The number of H-pyrrole nitrogens is 1. The Morgan fingerprint density at radius 2 is 1.88 bits per heavy atom. The van der Waals surface area contributed by atoms with E-state index in [1.165, 1.54) is 29.2 Å². The van der Waals surface area contributed by atoms with Crippen LogP contribution in [0.2, 0.25) is 0 Å². The fourth-order valence-corrected chi connectivity index (χ4v) is 2.63. The molecule has 25 heavy (non-hydrogen) atoms. The number of nitrogens with one attached hydrogen (secondary N) is 1. The Labute approximate surface area is 139 Å². The van der Waals surface area contributed by atoms with Crippen LogP contribution >= 0.6 is 0 Å². The van der Waals surface area contributed by atoms with Crippen LogP contribution in [0.1, 0.15) is 26.5 Å². The minimum Gasteiger partial charge on any atom is -0.478 e. The number of rotatable bonds is 2. The SMILES string of the molecule is Nc1nc2nc3c(nc2c(=O)[nH]1)CN(c1ccc(C(=O)O)cc1)C3=O. The number of carboxylic acids is 1. The number of nitrogens with zero attached hydrogens (tertiary/aromatic N) is 4. The molecule has 0 atom stereocenters. The lowest BCUT2D eigenvalue weighted by Gasteiger charge is -2.14. The minimum atomic E-state index is -1.06. The van der Waals surface area contributed by atoms with Crippen molar-refractivity contribution >= 4 is 34.7 Å². The largest absolute Gasteiger partial charge is 0.478 e. The summed E-state index contributed by atoms with van der Waals surface area (Å²) in [6, 6.07) is 5.85. The maximum atomic E-state index is 12.6. The summed E-state index contributed by atoms with van der Waals surface area (Å²) in [5.74, 6) is -1.58. The topological polar surface area (TPSA) is 155 Å². The van der Waals surface area contributed by atoms with Crippen molar-refractivity contribution in [1.29, 1.82) is 0 Å². The van der Waals surface area contributed by atoms with Crippen molar-refractivity contribution in [3.05, 3.63) is 51.6 Å². The van der Waals surface area contributed by atoms with Gasteiger partial charge in [0.15, 0.2) is 16.9 Å². The van der Waals surface area contributed by atoms with Crippen LogP contribution < -0.4 is 16.2 Å². The summed E-state index contributed by atoms with van der Waals surface area (Å²) in [5.41, 5.74) is 6.00. The molecule has 0 radical (unpaired) electrons. The molecular formula is C15H10N6O4. The number of aromatic carboxylic acids is 1. The van der Waals surface area contributed by atoms with Crippen molar-refractivity contribution in [3.8, 4) is 0 Å². The zero-order valence-corrected chi connectivity index (χ0v) is 12.6. The van der Waals surface area contributed by atoms with Crippen molar-refractivity contribution < 1.29 is 14.7 Å². The molecule has 1 aliphatic heterocycles. The fourth-order valence-electron chi connectivity index (χ4n) is 2.63. The summed E-state index contributed by atoms with van der Waals surface area (Å²) in [5, 5.41) is 8.94. The van der Waals surface area contributed by atoms with Gasteiger partial charge in [0.2, 0.25) is 5.95 Å². The highest BCUT2D eigenvalue weighted by atomic mass is 16.4. The second-order valence-corrected chi connectivity index (χ2v) is 5.39. The smallest absolute Gasteiger partial charge is 0.335 e. The van der Waals surface area contributed by atoms with Gasteiger partial charge in [0.1, 0.15) is 0 Å². The van der Waals surface area contributed by atoms with Crippen LogP contribution in [-0.2, 0) is 6.54 Å². The first-order valence-electron chi connectivity index (χ1n) is 7.15. The number of nitrogens with two attached hydrogens (primary N) is 1. The number of benzene rings is 1. The van der Waals surface area contributed by atoms with Crippen LogP contribution in [0.4, 0.5) is 11.6 Å². The first-order valence-corrected chi connectivity index (χ1v) is 7.15. The van der Waals surface area contributed by atoms with E-state index < -0.39 is 17.4 Å². The molecule has 0 saturated heterocycles. The van der Waals surface area contributed by atoms with Crippen molar-refractivity contribution in [1.82, 2.24) is 19.9 Å². The molecule has 4 N–H and O–H groups in total. The highest BCUT2D eigenvalue weighted by Crippen LogP contribution is 2.27. The number of aromatic nitrogens is 4. The number of fused-ring (bicyclic) bond motifs is 2. The molecule has 0 spiro atoms. The Morgan fingerprint density at radius 1 is 1.16 bits per heavy atom. The van der Waals surface area contributed by atoms with Crippen molar-refractivity contribution in [3.63, 3.8) is 0 Å². The third-order valence-corrected chi connectivity index (χ3v) is 3.81. The molecule has 4 rings (SSSR count). The van der Waals surface area contributed by atoms with Crippen LogP contribution in [0.25, 0.3) is 11.2 Å². The third-order valence-electron chi connectivity index (χ3n) is 3.81. The van der Waals surface area contributed by atoms with Gasteiger partial charge in [-0.25, -0.2) is 14.8 Å². The molecule has 0 fully saturated rings. The highest BCUT2D eigenvalue weighted by molar-refractivity contribution is 6.09. The van der Waals surface area contributed by atoms with E-state index >= 15 is 0 Å². The second-order valence-electron chi connectivity index (χ2n) is 5.39. The van der Waals surface area contributed by atoms with Crippen LogP contribution in [0.5, 0.6) is 0 Å². The van der Waals surface area contributed by atoms with Gasteiger partial charge in [-0.15, -0.1) is 0 Å². The number of carbonyl (C=O) groups is 2. The van der Waals surface area contributed by atoms with E-state index in [4.69, 9.17) is 10.8 Å². The molecule has 0 bridgehead atoms. The molecule has 0 aliphatic carbocycles. The summed E-state index contributed by atoms with van der Waals surface area (Å²) in [4.78, 5) is 51.3. The minimum absolute atomic E-state index is 0.00331. The zero-order chi connectivity index (χ0) is 17.7. The molecule has 10 heteroatoms. The summed E-state index contributed by atoms with van der Waals surface area (Å²) < 4.78 is 0. The molecule has 124 valence electrons. The van der Waals surface area contributed by atoms with Gasteiger partial charge in [-0.3, -0.25) is 14.6 Å². The van der Waals surface area contributed by atoms with E-state index in [9.17, 15) is 14.4 Å². The number of anilines is 2. The number of hydrogen-bond acceptors (Lipinski definition) is 7. The first kappa shape index (κ1) is 14.8. The van der Waals surface area contributed by atoms with Crippen LogP contribution in [0, 0.1) is 0 Å². The average Bonchev–Trinajstić information content (AvgIpc) is 2.90. The van der Waals surface area contributed by atoms with Gasteiger partial charge in [0.05, 0.1) is 17.8 Å². The van der Waals surface area contributed by atoms with Gasteiger partial charge >= 0.3 is 5.97 Å². The number of nitrogen functional groups attached to an aromatic ring is 1. The van der Waals surface area contributed by atoms with E-state index in [0.717, 1.165) is 0 Å². The number of amides is 1. The predicted octanol–water partition coefficient (Wildman–Crippen LogP) is 0.154. The molecule has 1 aromatic carbocycles. The second kappa shape index (κ2) is 5.09. The maximum absolute atomic E-state index is 12.6. The van der Waals surface area contributed by atoms with E-state index in [0.29, 0.717) is 11.4 Å². The monoisotopic (exact) mass is 338 g/mol. The Bertz CT molecular complexity index is 1110. The van der Waals surface area contributed by atoms with E-state index in [1.54, 1.807) is 0 Å². The molecule has 10 nitrogen and oxygen atoms in total. The van der Waals surface area contributed by atoms with Crippen molar-refractivity contribution in [2.75, 3.05) is 10.6 Å². The van der Waals surface area contributed by atoms with Gasteiger partial charge in [-0.05, 0) is 24.3 Å². The highest BCUT2D eigenvalue weighted by Gasteiger charge is 2.32. The van der Waals surface area contributed by atoms with Gasteiger partial charge in [0.25, 0.3) is 11.5 Å². The third kappa shape index (κ3) is 2.27. The quantitative estimate of drug-likeness (QED) is 0.596. The Morgan fingerprint density at radius 3 is 2.56 bits per heavy atom. The van der Waals surface area contributed by atoms with Crippen LogP contribution in [0.15, 0.2) is 29.1 Å². The summed E-state index contributed by atoms with van der Waals surface area (Å²) >= 11 is 0. The number of aromatic amines is 1. The maximum Gasteiger partial charge on any atom is 0.335 e. The van der Waals surface area contributed by atoms with Crippen molar-refractivity contribution in [2.45, 2.75) is 6.54 Å². The standard InChI is InChI=1S/C15H10N6O4/c16-15-19-11-10(12(22)20-15)17-8-5-21(13(23)9(8)18-11)7-3-1-6(2-4-7)14(24)25/h1-4H,5H2,(H,24,25)(H3,16,18,19,20,22). The van der Waals surface area contributed by atoms with Crippen LogP contribution in [-0.4, -0.2) is 36.9 Å². The average molecular weight is 338 g/mol. The number of carboxylic acid groups (broad SMARTS) is 1. The lowest BCUT2D eigenvalue weighted by Crippen LogP contribution is -2.23. The summed E-state index contributed by atoms with van der Waals surface area (Å²) in [6.07, 6.45) is 0. The summed E-state index contributed by atoms with van der Waals surface area (Å²) in [6.45, 7) is 0.118. The molecule has 0 unspecified atom stereocenters. The lowest BCUT2D eigenvalue weighted by atomic mass is 10.2. The van der Waals surface area contributed by atoms with Gasteiger partial charge in [0, 0.05) is 5.69 Å². The van der Waals surface area contributed by atoms with E-state index in [-0.39, 0.29) is 34.9 Å². The van der Waals surface area contributed by atoms with E-state index in [2.05, 4.69) is 19.9 Å². The first-order chi connectivity index (χ1) is 11.9. The zero-order valence-electron chi connectivity index (χ0n) is 12.6. The molecule has 1 aliphatic rings. The lowest BCUT2D eigenvalue weighted by molar-refractivity contribution is 0.0696. The molecule has 0 saturated carbocycles. The Balaban J connectivity index is 1.78. The molecule has 3 aromatic rings. The molecule has 2 aromatic heterocycles. The molecule has 1 amide bonds. The van der Waals surface area contributed by atoms with Crippen LogP contribution in [0.3, 0.4) is 0 Å². The van der Waals surface area contributed by atoms with Crippen molar-refractivity contribution in [2.24, 2.45) is 0 Å². The molecule has 3 heterocycles. The summed E-state index contributed by atoms with van der Waals surface area (Å²) in [7, 11) is 0. The fraction of sp³-hybridized carbons (Fsp3) is 0.0667. The van der Waals surface area contributed by atoms with Gasteiger partial charge in [-0.1, -0.05) is 0 Å². The van der Waals surface area contributed by atoms with Gasteiger partial charge < -0.3 is 15.7 Å². The Kier molecular flexibility index (Phi) is 3.01. The number of carbonyl (C=O) groups excluding carboxylic acids is 1.